The second-order valence-corrected chi connectivity index (χ2v) is 9.11. The number of rotatable bonds is 4. The lowest BCUT2D eigenvalue weighted by molar-refractivity contribution is -0.141. The summed E-state index contributed by atoms with van der Waals surface area (Å²) in [5.41, 5.74) is 0.826. The molecule has 0 bridgehead atoms. The molecule has 0 spiro atoms. The Balaban J connectivity index is 1.55. The Bertz CT molecular complexity index is 830. The summed E-state index contributed by atoms with van der Waals surface area (Å²) in [6, 6.07) is 9.28. The van der Waals surface area contributed by atoms with Crippen LogP contribution in [0, 0.1) is 5.92 Å². The van der Waals surface area contributed by atoms with Gasteiger partial charge in [0.25, 0.3) is 0 Å². The highest BCUT2D eigenvalue weighted by atomic mass is 32.2. The van der Waals surface area contributed by atoms with Crippen molar-refractivity contribution in [3.05, 3.63) is 41.3 Å². The minimum atomic E-state index is -3.51. The van der Waals surface area contributed by atoms with Gasteiger partial charge >= 0.3 is 0 Å². The third kappa shape index (κ3) is 4.99. The summed E-state index contributed by atoms with van der Waals surface area (Å²) in [5.74, 6) is -0.153. The van der Waals surface area contributed by atoms with Crippen molar-refractivity contribution in [3.63, 3.8) is 0 Å². The lowest BCUT2D eigenvalue weighted by Gasteiger charge is -2.38. The first-order valence-electron chi connectivity index (χ1n) is 9.64. The lowest BCUT2D eigenvalue weighted by Crippen LogP contribution is -2.53. The first-order valence-corrected chi connectivity index (χ1v) is 11.1. The Morgan fingerprint density at radius 1 is 1.00 bits per heavy atom. The highest BCUT2D eigenvalue weighted by Gasteiger charge is 2.33. The Morgan fingerprint density at radius 3 is 2.32 bits per heavy atom. The molecular formula is C20H27N3O4S. The fraction of sp³-hybridized carbons (Fsp3) is 0.500. The highest BCUT2D eigenvalue weighted by molar-refractivity contribution is 7.92. The minimum Gasteiger partial charge on any atom is -0.342 e. The number of amides is 2. The van der Waals surface area contributed by atoms with Gasteiger partial charge in [-0.3, -0.25) is 9.59 Å². The van der Waals surface area contributed by atoms with E-state index in [0.717, 1.165) is 18.4 Å². The highest BCUT2D eigenvalue weighted by Crippen LogP contribution is 2.20. The summed E-state index contributed by atoms with van der Waals surface area (Å²) < 4.78 is 26.5. The van der Waals surface area contributed by atoms with Crippen LogP contribution in [0.4, 0.5) is 0 Å². The molecule has 2 aliphatic rings. The molecule has 0 radical (unpaired) electrons. The standard InChI is InChI=1S/C20H27N3O4S/c1-17(24)22-10-5-8-19(16-22)20(25)21-11-13-23(14-12-21)28(26,27)15-9-18-6-3-2-4-7-18/h2-4,6-7,9,15,19H,5,8,10-14,16H2,1H3/b15-9+/t19-/m0/s1. The zero-order valence-electron chi connectivity index (χ0n) is 16.2. The first-order chi connectivity index (χ1) is 13.4. The number of carbonyl (C=O) groups is 2. The fourth-order valence-electron chi connectivity index (χ4n) is 3.70. The van der Waals surface area contributed by atoms with E-state index >= 15 is 0 Å². The zero-order valence-corrected chi connectivity index (χ0v) is 17.0. The number of sulfonamides is 1. The molecule has 7 nitrogen and oxygen atoms in total. The molecule has 0 aromatic heterocycles. The van der Waals surface area contributed by atoms with Crippen molar-refractivity contribution >= 4 is 27.9 Å². The molecule has 0 N–H and O–H groups in total. The van der Waals surface area contributed by atoms with Crippen LogP contribution in [0.15, 0.2) is 35.7 Å². The van der Waals surface area contributed by atoms with E-state index in [1.807, 2.05) is 30.3 Å². The van der Waals surface area contributed by atoms with Gasteiger partial charge in [0.15, 0.2) is 0 Å². The Morgan fingerprint density at radius 2 is 1.68 bits per heavy atom. The van der Waals surface area contributed by atoms with Crippen molar-refractivity contribution in [2.45, 2.75) is 19.8 Å². The number of carbonyl (C=O) groups excluding carboxylic acids is 2. The van der Waals surface area contributed by atoms with Crippen LogP contribution in [-0.2, 0) is 19.6 Å². The first kappa shape index (κ1) is 20.5. The van der Waals surface area contributed by atoms with E-state index in [-0.39, 0.29) is 30.8 Å². The molecule has 28 heavy (non-hydrogen) atoms. The van der Waals surface area contributed by atoms with E-state index in [1.165, 1.54) is 16.6 Å². The fourth-order valence-corrected chi connectivity index (χ4v) is 4.87. The molecule has 3 rings (SSSR count). The van der Waals surface area contributed by atoms with Gasteiger partial charge in [0.1, 0.15) is 0 Å². The van der Waals surface area contributed by atoms with E-state index in [1.54, 1.807) is 15.9 Å². The van der Waals surface area contributed by atoms with Gasteiger partial charge in [0, 0.05) is 51.6 Å². The van der Waals surface area contributed by atoms with Gasteiger partial charge in [0.05, 0.1) is 5.92 Å². The van der Waals surface area contributed by atoms with Gasteiger partial charge in [-0.25, -0.2) is 8.42 Å². The summed E-state index contributed by atoms with van der Waals surface area (Å²) >= 11 is 0. The number of piperazine rings is 1. The summed E-state index contributed by atoms with van der Waals surface area (Å²) in [4.78, 5) is 27.8. The molecular weight excluding hydrogens is 378 g/mol. The van der Waals surface area contributed by atoms with E-state index in [4.69, 9.17) is 0 Å². The van der Waals surface area contributed by atoms with Crippen LogP contribution in [-0.4, -0.2) is 73.6 Å². The van der Waals surface area contributed by atoms with E-state index in [9.17, 15) is 18.0 Å². The van der Waals surface area contributed by atoms with Gasteiger partial charge in [0.2, 0.25) is 21.8 Å². The molecule has 152 valence electrons. The summed E-state index contributed by atoms with van der Waals surface area (Å²) in [6.07, 6.45) is 3.20. The van der Waals surface area contributed by atoms with Crippen molar-refractivity contribution < 1.29 is 18.0 Å². The van der Waals surface area contributed by atoms with Gasteiger partial charge < -0.3 is 9.80 Å². The van der Waals surface area contributed by atoms with Gasteiger partial charge in [-0.15, -0.1) is 0 Å². The number of piperidine rings is 1. The number of hydrogen-bond donors (Lipinski definition) is 0. The largest absolute Gasteiger partial charge is 0.342 e. The smallest absolute Gasteiger partial charge is 0.236 e. The number of nitrogens with zero attached hydrogens (tertiary/aromatic N) is 3. The number of likely N-dealkylation sites (tertiary alicyclic amines) is 1. The third-order valence-corrected chi connectivity index (χ3v) is 6.92. The molecule has 1 atom stereocenters. The van der Waals surface area contributed by atoms with Crippen molar-refractivity contribution in [2.75, 3.05) is 39.3 Å². The van der Waals surface area contributed by atoms with Crippen molar-refractivity contribution in [1.82, 2.24) is 14.1 Å². The maximum absolute atomic E-state index is 12.8. The maximum atomic E-state index is 12.8. The SMILES string of the molecule is CC(=O)N1CCC[C@H](C(=O)N2CCN(S(=O)(=O)/C=C/c3ccccc3)CC2)C1. The molecule has 0 saturated carbocycles. The molecule has 0 unspecified atom stereocenters. The van der Waals surface area contributed by atoms with Crippen molar-refractivity contribution in [2.24, 2.45) is 5.92 Å². The Hall–Kier alpha value is -2.19. The zero-order chi connectivity index (χ0) is 20.1. The molecule has 2 aliphatic heterocycles. The van der Waals surface area contributed by atoms with E-state index < -0.39 is 10.0 Å². The molecule has 1 aromatic carbocycles. The molecule has 2 amide bonds. The quantitative estimate of drug-likeness (QED) is 0.758. The minimum absolute atomic E-state index is 0.00128. The van der Waals surface area contributed by atoms with Crippen molar-refractivity contribution in [3.8, 4) is 0 Å². The van der Waals surface area contributed by atoms with Crippen LogP contribution in [0.2, 0.25) is 0 Å². The van der Waals surface area contributed by atoms with Crippen molar-refractivity contribution in [1.29, 1.82) is 0 Å². The Labute approximate surface area is 166 Å². The third-order valence-electron chi connectivity index (χ3n) is 5.36. The van der Waals surface area contributed by atoms with Crippen LogP contribution in [0.1, 0.15) is 25.3 Å². The Kier molecular flexibility index (Phi) is 6.51. The normalized spacial score (nSPS) is 21.8. The van der Waals surface area contributed by atoms with Gasteiger partial charge in [-0.1, -0.05) is 30.3 Å². The lowest BCUT2D eigenvalue weighted by atomic mass is 9.96. The van der Waals surface area contributed by atoms with E-state index in [2.05, 4.69) is 0 Å². The molecule has 1 aromatic rings. The molecule has 2 saturated heterocycles. The number of hydrogen-bond acceptors (Lipinski definition) is 4. The molecule has 0 aliphatic carbocycles. The van der Waals surface area contributed by atoms with Crippen LogP contribution in [0.25, 0.3) is 6.08 Å². The van der Waals surface area contributed by atoms with Gasteiger partial charge in [-0.05, 0) is 24.5 Å². The second-order valence-electron chi connectivity index (χ2n) is 7.29. The maximum Gasteiger partial charge on any atom is 0.236 e. The summed E-state index contributed by atoms with van der Waals surface area (Å²) in [5, 5.41) is 1.23. The molecule has 2 fully saturated rings. The van der Waals surface area contributed by atoms with Crippen LogP contribution >= 0.6 is 0 Å². The topological polar surface area (TPSA) is 78.0 Å². The van der Waals surface area contributed by atoms with Gasteiger partial charge in [-0.2, -0.15) is 4.31 Å². The molecule has 8 heteroatoms. The molecule has 2 heterocycles. The predicted molar refractivity (Wildman–Crippen MR) is 108 cm³/mol. The average molecular weight is 406 g/mol. The van der Waals surface area contributed by atoms with Crippen LogP contribution in [0.5, 0.6) is 0 Å². The summed E-state index contributed by atoms with van der Waals surface area (Å²) in [6.45, 7) is 4.04. The van der Waals surface area contributed by atoms with Crippen LogP contribution < -0.4 is 0 Å². The van der Waals surface area contributed by atoms with E-state index in [0.29, 0.717) is 26.2 Å². The summed E-state index contributed by atoms with van der Waals surface area (Å²) in [7, 11) is -3.51. The second kappa shape index (κ2) is 8.87. The number of benzene rings is 1. The average Bonchev–Trinajstić information content (AvgIpc) is 2.73. The monoisotopic (exact) mass is 405 g/mol. The predicted octanol–water partition coefficient (Wildman–Crippen LogP) is 1.39. The van der Waals surface area contributed by atoms with Crippen LogP contribution in [0.3, 0.4) is 0 Å².